The van der Waals surface area contributed by atoms with Gasteiger partial charge in [-0.2, -0.15) is 12.6 Å². The molecule has 0 rings (SSSR count). The van der Waals surface area contributed by atoms with Crippen molar-refractivity contribution in [3.8, 4) is 0 Å². The summed E-state index contributed by atoms with van der Waals surface area (Å²) in [5, 5.41) is 1.83. The average Bonchev–Trinajstić information content (AvgIpc) is 1.89. The van der Waals surface area contributed by atoms with Gasteiger partial charge < -0.3 is 0 Å². The zero-order valence-electron chi connectivity index (χ0n) is 6.14. The van der Waals surface area contributed by atoms with Gasteiger partial charge in [-0.1, -0.05) is 32.3 Å². The first-order valence-electron chi connectivity index (χ1n) is 3.71. The highest BCUT2D eigenvalue weighted by Crippen LogP contribution is 2.02. The molecule has 1 heteroatoms. The van der Waals surface area contributed by atoms with Crippen molar-refractivity contribution in [1.29, 1.82) is 0 Å². The molecule has 0 radical (unpaired) electrons. The van der Waals surface area contributed by atoms with Gasteiger partial charge in [-0.25, -0.2) is 0 Å². The van der Waals surface area contributed by atoms with Crippen molar-refractivity contribution < 1.29 is 0 Å². The summed E-state index contributed by atoms with van der Waals surface area (Å²) in [6.45, 7) is 2.23. The number of hydrogen-bond donors (Lipinski definition) is 1. The van der Waals surface area contributed by atoms with Gasteiger partial charge in [-0.3, -0.25) is 0 Å². The lowest BCUT2D eigenvalue weighted by Crippen LogP contribution is -1.72. The summed E-state index contributed by atoms with van der Waals surface area (Å²) < 4.78 is 0. The minimum Gasteiger partial charge on any atom is -0.152 e. The first kappa shape index (κ1) is 9.09. The molecule has 0 bridgehead atoms. The molecule has 0 aromatic carbocycles. The van der Waals surface area contributed by atoms with Crippen molar-refractivity contribution in [3.63, 3.8) is 0 Å². The Bertz CT molecular complexity index is 67.0. The van der Waals surface area contributed by atoms with Gasteiger partial charge in [0.2, 0.25) is 0 Å². The van der Waals surface area contributed by atoms with E-state index in [0.29, 0.717) is 0 Å². The number of unbranched alkanes of at least 4 members (excludes halogenated alkanes) is 4. The van der Waals surface area contributed by atoms with Crippen LogP contribution in [-0.2, 0) is 0 Å². The van der Waals surface area contributed by atoms with Crippen LogP contribution in [0.25, 0.3) is 0 Å². The van der Waals surface area contributed by atoms with Gasteiger partial charge in [0.15, 0.2) is 0 Å². The van der Waals surface area contributed by atoms with E-state index < -0.39 is 0 Å². The number of thiol groups is 1. The second-order valence-electron chi connectivity index (χ2n) is 2.23. The molecule has 0 aliphatic carbocycles. The molecule has 9 heavy (non-hydrogen) atoms. The maximum Gasteiger partial charge on any atom is -0.0343 e. The van der Waals surface area contributed by atoms with Gasteiger partial charge in [0.1, 0.15) is 0 Å². The molecule has 0 saturated carbocycles. The van der Waals surface area contributed by atoms with Crippen LogP contribution in [0.2, 0.25) is 0 Å². The van der Waals surface area contributed by atoms with Crippen molar-refractivity contribution in [2.75, 3.05) is 0 Å². The molecule has 0 N–H and O–H groups in total. The Morgan fingerprint density at radius 2 is 2.00 bits per heavy atom. The third kappa shape index (κ3) is 8.09. The SMILES string of the molecule is CCCCCC/C=C\S. The normalized spacial score (nSPS) is 10.9. The van der Waals surface area contributed by atoms with Crippen LogP contribution >= 0.6 is 12.6 Å². The highest BCUT2D eigenvalue weighted by Gasteiger charge is 1.82. The van der Waals surface area contributed by atoms with E-state index in [4.69, 9.17) is 0 Å². The van der Waals surface area contributed by atoms with Crippen LogP contribution in [0.15, 0.2) is 11.5 Å². The fourth-order valence-electron chi connectivity index (χ4n) is 0.764. The Morgan fingerprint density at radius 1 is 1.22 bits per heavy atom. The van der Waals surface area contributed by atoms with E-state index in [1.54, 1.807) is 0 Å². The number of allylic oxidation sites excluding steroid dienone is 1. The van der Waals surface area contributed by atoms with Crippen molar-refractivity contribution in [2.24, 2.45) is 0 Å². The maximum absolute atomic E-state index is 3.97. The van der Waals surface area contributed by atoms with Gasteiger partial charge in [-0.05, 0) is 18.2 Å². The molecular weight excluding hydrogens is 128 g/mol. The number of rotatable bonds is 5. The van der Waals surface area contributed by atoms with Crippen LogP contribution in [0.3, 0.4) is 0 Å². The predicted molar refractivity (Wildman–Crippen MR) is 46.9 cm³/mol. The molecular formula is C8H16S. The van der Waals surface area contributed by atoms with Crippen LogP contribution in [-0.4, -0.2) is 0 Å². The first-order valence-corrected chi connectivity index (χ1v) is 4.22. The van der Waals surface area contributed by atoms with Crippen molar-refractivity contribution in [1.82, 2.24) is 0 Å². The third-order valence-electron chi connectivity index (χ3n) is 1.33. The lowest BCUT2D eigenvalue weighted by atomic mass is 10.2. The van der Waals surface area contributed by atoms with Crippen LogP contribution in [0.4, 0.5) is 0 Å². The van der Waals surface area contributed by atoms with Crippen molar-refractivity contribution >= 4 is 12.6 Å². The Hall–Kier alpha value is 0.0900. The van der Waals surface area contributed by atoms with Crippen LogP contribution in [0.5, 0.6) is 0 Å². The van der Waals surface area contributed by atoms with Gasteiger partial charge in [0, 0.05) is 0 Å². The van der Waals surface area contributed by atoms with Crippen molar-refractivity contribution in [3.05, 3.63) is 11.5 Å². The second-order valence-corrected chi connectivity index (χ2v) is 2.53. The first-order chi connectivity index (χ1) is 4.41. The smallest absolute Gasteiger partial charge is 0.0343 e. The summed E-state index contributed by atoms with van der Waals surface area (Å²) in [5.41, 5.74) is 0. The van der Waals surface area contributed by atoms with Crippen molar-refractivity contribution in [2.45, 2.75) is 39.0 Å². The Morgan fingerprint density at radius 3 is 2.56 bits per heavy atom. The summed E-state index contributed by atoms with van der Waals surface area (Å²) >= 11 is 3.97. The molecule has 0 unspecified atom stereocenters. The summed E-state index contributed by atoms with van der Waals surface area (Å²) in [4.78, 5) is 0. The standard InChI is InChI=1S/C8H16S/c1-2-3-4-5-6-7-8-9/h7-9H,2-6H2,1H3/b8-7-. The molecule has 0 aliphatic heterocycles. The molecule has 0 aliphatic rings. The monoisotopic (exact) mass is 144 g/mol. The molecule has 0 atom stereocenters. The third-order valence-corrected chi connectivity index (χ3v) is 1.54. The summed E-state index contributed by atoms with van der Waals surface area (Å²) in [7, 11) is 0. The molecule has 0 saturated heterocycles. The molecule has 0 fully saturated rings. The maximum atomic E-state index is 3.97. The van der Waals surface area contributed by atoms with E-state index in [1.807, 2.05) is 5.41 Å². The van der Waals surface area contributed by atoms with Gasteiger partial charge >= 0.3 is 0 Å². The average molecular weight is 144 g/mol. The van der Waals surface area contributed by atoms with E-state index in [9.17, 15) is 0 Å². The van der Waals surface area contributed by atoms with Gasteiger partial charge in [0.05, 0.1) is 0 Å². The van der Waals surface area contributed by atoms with E-state index in [0.717, 1.165) is 0 Å². The summed E-state index contributed by atoms with van der Waals surface area (Å²) in [5.74, 6) is 0. The Balaban J connectivity index is 2.75. The van der Waals surface area contributed by atoms with E-state index in [1.165, 1.54) is 32.1 Å². The summed E-state index contributed by atoms with van der Waals surface area (Å²) in [6, 6.07) is 0. The zero-order chi connectivity index (χ0) is 6.95. The van der Waals surface area contributed by atoms with E-state index in [2.05, 4.69) is 25.6 Å². The topological polar surface area (TPSA) is 0 Å². The fourth-order valence-corrected chi connectivity index (χ4v) is 0.913. The zero-order valence-corrected chi connectivity index (χ0v) is 7.03. The highest BCUT2D eigenvalue weighted by atomic mass is 32.1. The molecule has 0 nitrogen and oxygen atoms in total. The minimum atomic E-state index is 1.20. The van der Waals surface area contributed by atoms with Gasteiger partial charge in [-0.15, -0.1) is 0 Å². The predicted octanol–water partition coefficient (Wildman–Crippen LogP) is 3.40. The lowest BCUT2D eigenvalue weighted by molar-refractivity contribution is 0.675. The second kappa shape index (κ2) is 8.09. The lowest BCUT2D eigenvalue weighted by Gasteiger charge is -1.92. The fraction of sp³-hybridized carbons (Fsp3) is 0.750. The molecule has 0 aromatic heterocycles. The van der Waals surface area contributed by atoms with Crippen LogP contribution < -0.4 is 0 Å². The molecule has 0 spiro atoms. The Labute approximate surface area is 63.8 Å². The number of hydrogen-bond acceptors (Lipinski definition) is 1. The van der Waals surface area contributed by atoms with Gasteiger partial charge in [0.25, 0.3) is 0 Å². The summed E-state index contributed by atoms with van der Waals surface area (Å²) in [6.07, 6.45) is 8.70. The molecule has 54 valence electrons. The van der Waals surface area contributed by atoms with E-state index >= 15 is 0 Å². The molecule has 0 amide bonds. The van der Waals surface area contributed by atoms with Crippen LogP contribution in [0, 0.1) is 0 Å². The van der Waals surface area contributed by atoms with E-state index in [-0.39, 0.29) is 0 Å². The molecule has 0 aromatic rings. The van der Waals surface area contributed by atoms with Crippen LogP contribution in [0.1, 0.15) is 39.0 Å². The Kier molecular flexibility index (Phi) is 8.17. The largest absolute Gasteiger partial charge is 0.152 e. The minimum absolute atomic E-state index is 1.20. The highest BCUT2D eigenvalue weighted by molar-refractivity contribution is 7.83. The quantitative estimate of drug-likeness (QED) is 0.443. The molecule has 0 heterocycles.